The SMILES string of the molecule is CC(C)CC(=O)Nc1ccc(-c2ccccc2)cn1. The van der Waals surface area contributed by atoms with Crippen molar-refractivity contribution < 1.29 is 4.79 Å². The van der Waals surface area contributed by atoms with Crippen molar-refractivity contribution >= 4 is 11.7 Å². The van der Waals surface area contributed by atoms with E-state index in [-0.39, 0.29) is 5.91 Å². The molecular formula is C16H18N2O. The highest BCUT2D eigenvalue weighted by atomic mass is 16.1. The van der Waals surface area contributed by atoms with Crippen LogP contribution in [-0.4, -0.2) is 10.9 Å². The van der Waals surface area contributed by atoms with E-state index in [2.05, 4.69) is 10.3 Å². The van der Waals surface area contributed by atoms with Crippen LogP contribution in [0.5, 0.6) is 0 Å². The van der Waals surface area contributed by atoms with Gasteiger partial charge in [0.05, 0.1) is 0 Å². The lowest BCUT2D eigenvalue weighted by Crippen LogP contribution is -2.14. The van der Waals surface area contributed by atoms with Crippen molar-refractivity contribution in [3.8, 4) is 11.1 Å². The molecule has 0 saturated heterocycles. The Labute approximate surface area is 113 Å². The summed E-state index contributed by atoms with van der Waals surface area (Å²) in [5, 5.41) is 2.80. The first-order chi connectivity index (χ1) is 9.15. The van der Waals surface area contributed by atoms with Crippen LogP contribution in [0.4, 0.5) is 5.82 Å². The number of pyridine rings is 1. The lowest BCUT2D eigenvalue weighted by atomic mass is 10.1. The summed E-state index contributed by atoms with van der Waals surface area (Å²) in [6.07, 6.45) is 2.29. The van der Waals surface area contributed by atoms with Crippen LogP contribution >= 0.6 is 0 Å². The summed E-state index contributed by atoms with van der Waals surface area (Å²) < 4.78 is 0. The quantitative estimate of drug-likeness (QED) is 0.903. The van der Waals surface area contributed by atoms with Gasteiger partial charge in [-0.2, -0.15) is 0 Å². The second-order valence-electron chi connectivity index (χ2n) is 4.94. The predicted molar refractivity (Wildman–Crippen MR) is 77.8 cm³/mol. The number of anilines is 1. The molecule has 3 nitrogen and oxygen atoms in total. The van der Waals surface area contributed by atoms with Crippen molar-refractivity contribution in [2.24, 2.45) is 5.92 Å². The summed E-state index contributed by atoms with van der Waals surface area (Å²) >= 11 is 0. The third-order valence-electron chi connectivity index (χ3n) is 2.73. The second-order valence-corrected chi connectivity index (χ2v) is 4.94. The number of rotatable bonds is 4. The normalized spacial score (nSPS) is 10.5. The molecule has 1 amide bonds. The highest BCUT2D eigenvalue weighted by Crippen LogP contribution is 2.19. The Balaban J connectivity index is 2.05. The summed E-state index contributed by atoms with van der Waals surface area (Å²) in [7, 11) is 0. The van der Waals surface area contributed by atoms with E-state index < -0.39 is 0 Å². The van der Waals surface area contributed by atoms with Gasteiger partial charge < -0.3 is 5.32 Å². The lowest BCUT2D eigenvalue weighted by Gasteiger charge is -2.07. The van der Waals surface area contributed by atoms with Crippen LogP contribution in [0.25, 0.3) is 11.1 Å². The molecule has 0 atom stereocenters. The molecule has 19 heavy (non-hydrogen) atoms. The summed E-state index contributed by atoms with van der Waals surface area (Å²) in [5.41, 5.74) is 2.16. The minimum absolute atomic E-state index is 0.00922. The average molecular weight is 254 g/mol. The third-order valence-corrected chi connectivity index (χ3v) is 2.73. The third kappa shape index (κ3) is 3.91. The summed E-state index contributed by atoms with van der Waals surface area (Å²) in [5.74, 6) is 0.962. The number of aromatic nitrogens is 1. The van der Waals surface area contributed by atoms with Gasteiger partial charge in [0.2, 0.25) is 5.91 Å². The molecule has 98 valence electrons. The van der Waals surface area contributed by atoms with Gasteiger partial charge in [-0.25, -0.2) is 4.98 Å². The molecule has 0 spiro atoms. The Kier molecular flexibility index (Phi) is 4.29. The topological polar surface area (TPSA) is 42.0 Å². The van der Waals surface area contributed by atoms with Gasteiger partial charge in [0.25, 0.3) is 0 Å². The molecule has 0 aliphatic rings. The highest BCUT2D eigenvalue weighted by molar-refractivity contribution is 5.90. The molecule has 1 aromatic heterocycles. The maximum atomic E-state index is 11.6. The fourth-order valence-corrected chi connectivity index (χ4v) is 1.83. The first kappa shape index (κ1) is 13.3. The average Bonchev–Trinajstić information content (AvgIpc) is 2.39. The number of amides is 1. The molecule has 0 fully saturated rings. The van der Waals surface area contributed by atoms with Gasteiger partial charge in [-0.1, -0.05) is 44.2 Å². The smallest absolute Gasteiger partial charge is 0.225 e. The number of nitrogens with one attached hydrogen (secondary N) is 1. The van der Waals surface area contributed by atoms with E-state index in [9.17, 15) is 4.79 Å². The van der Waals surface area contributed by atoms with Gasteiger partial charge >= 0.3 is 0 Å². The Hall–Kier alpha value is -2.16. The lowest BCUT2D eigenvalue weighted by molar-refractivity contribution is -0.116. The molecule has 0 aliphatic heterocycles. The number of nitrogens with zero attached hydrogens (tertiary/aromatic N) is 1. The molecule has 0 radical (unpaired) electrons. The molecule has 0 aliphatic carbocycles. The van der Waals surface area contributed by atoms with Crippen LogP contribution < -0.4 is 5.32 Å². The van der Waals surface area contributed by atoms with E-state index in [4.69, 9.17) is 0 Å². The van der Waals surface area contributed by atoms with Crippen molar-refractivity contribution in [2.75, 3.05) is 5.32 Å². The number of hydrogen-bond acceptors (Lipinski definition) is 2. The molecule has 0 bridgehead atoms. The number of carbonyl (C=O) groups is 1. The largest absolute Gasteiger partial charge is 0.311 e. The molecule has 2 rings (SSSR count). The zero-order valence-corrected chi connectivity index (χ0v) is 11.3. The van der Waals surface area contributed by atoms with E-state index in [1.54, 1.807) is 6.20 Å². The van der Waals surface area contributed by atoms with Gasteiger partial charge in [-0.15, -0.1) is 0 Å². The van der Waals surface area contributed by atoms with E-state index in [0.29, 0.717) is 18.2 Å². The predicted octanol–water partition coefficient (Wildman–Crippen LogP) is 3.73. The molecule has 2 aromatic rings. The summed E-state index contributed by atoms with van der Waals surface area (Å²) in [6.45, 7) is 4.04. The van der Waals surface area contributed by atoms with E-state index >= 15 is 0 Å². The molecule has 0 saturated carbocycles. The fourth-order valence-electron chi connectivity index (χ4n) is 1.83. The van der Waals surface area contributed by atoms with E-state index in [1.165, 1.54) is 0 Å². The van der Waals surface area contributed by atoms with Gasteiger partial charge in [-0.05, 0) is 23.6 Å². The van der Waals surface area contributed by atoms with Crippen molar-refractivity contribution in [3.63, 3.8) is 0 Å². The van der Waals surface area contributed by atoms with E-state index in [0.717, 1.165) is 11.1 Å². The first-order valence-electron chi connectivity index (χ1n) is 6.46. The molecule has 1 N–H and O–H groups in total. The number of benzene rings is 1. The number of carbonyl (C=O) groups excluding carboxylic acids is 1. The van der Waals surface area contributed by atoms with Crippen LogP contribution in [-0.2, 0) is 4.79 Å². The minimum atomic E-state index is 0.00922. The minimum Gasteiger partial charge on any atom is -0.311 e. The second kappa shape index (κ2) is 6.14. The Bertz CT molecular complexity index is 532. The summed E-state index contributed by atoms with van der Waals surface area (Å²) in [6, 6.07) is 13.8. The van der Waals surface area contributed by atoms with Crippen LogP contribution in [0, 0.1) is 5.92 Å². The van der Waals surface area contributed by atoms with Gasteiger partial charge in [-0.3, -0.25) is 4.79 Å². The summed E-state index contributed by atoms with van der Waals surface area (Å²) in [4.78, 5) is 15.9. The van der Waals surface area contributed by atoms with Gasteiger partial charge in [0.15, 0.2) is 0 Å². The van der Waals surface area contributed by atoms with Crippen molar-refractivity contribution in [1.29, 1.82) is 0 Å². The van der Waals surface area contributed by atoms with E-state index in [1.807, 2.05) is 56.3 Å². The van der Waals surface area contributed by atoms with Crippen LogP contribution in [0.15, 0.2) is 48.7 Å². The van der Waals surface area contributed by atoms with Crippen molar-refractivity contribution in [2.45, 2.75) is 20.3 Å². The fraction of sp³-hybridized carbons (Fsp3) is 0.250. The van der Waals surface area contributed by atoms with Gasteiger partial charge in [0.1, 0.15) is 5.82 Å². The first-order valence-corrected chi connectivity index (χ1v) is 6.46. The number of hydrogen-bond donors (Lipinski definition) is 1. The Morgan fingerprint density at radius 2 is 1.84 bits per heavy atom. The molecular weight excluding hydrogens is 236 g/mol. The zero-order valence-electron chi connectivity index (χ0n) is 11.3. The van der Waals surface area contributed by atoms with Crippen molar-refractivity contribution in [3.05, 3.63) is 48.7 Å². The Morgan fingerprint density at radius 1 is 1.11 bits per heavy atom. The van der Waals surface area contributed by atoms with Crippen LogP contribution in [0.1, 0.15) is 20.3 Å². The zero-order chi connectivity index (χ0) is 13.7. The monoisotopic (exact) mass is 254 g/mol. The highest BCUT2D eigenvalue weighted by Gasteiger charge is 2.06. The van der Waals surface area contributed by atoms with Crippen LogP contribution in [0.2, 0.25) is 0 Å². The van der Waals surface area contributed by atoms with Gasteiger partial charge in [0, 0.05) is 18.2 Å². The molecule has 1 aromatic carbocycles. The molecule has 3 heteroatoms. The Morgan fingerprint density at radius 3 is 2.42 bits per heavy atom. The van der Waals surface area contributed by atoms with Crippen molar-refractivity contribution in [1.82, 2.24) is 4.98 Å². The van der Waals surface area contributed by atoms with Crippen LogP contribution in [0.3, 0.4) is 0 Å². The maximum absolute atomic E-state index is 11.6. The molecule has 1 heterocycles. The standard InChI is InChI=1S/C16H18N2O/c1-12(2)10-16(19)18-15-9-8-14(11-17-15)13-6-4-3-5-7-13/h3-9,11-12H,10H2,1-2H3,(H,17,18,19). The maximum Gasteiger partial charge on any atom is 0.225 e. The molecule has 0 unspecified atom stereocenters.